The van der Waals surface area contributed by atoms with Gasteiger partial charge in [-0.2, -0.15) is 0 Å². The molecule has 2 heterocycles. The molecule has 0 unspecified atom stereocenters. The second-order valence-corrected chi connectivity index (χ2v) is 5.82. The summed E-state index contributed by atoms with van der Waals surface area (Å²) in [5.74, 6) is 0.678. The van der Waals surface area contributed by atoms with Crippen LogP contribution < -0.4 is 0 Å². The van der Waals surface area contributed by atoms with Crippen molar-refractivity contribution in [1.82, 2.24) is 14.9 Å². The lowest BCUT2D eigenvalue weighted by Crippen LogP contribution is -2.54. The van der Waals surface area contributed by atoms with E-state index in [1.54, 1.807) is 6.20 Å². The van der Waals surface area contributed by atoms with Gasteiger partial charge in [0.15, 0.2) is 5.82 Å². The zero-order valence-electron chi connectivity index (χ0n) is 13.0. The summed E-state index contributed by atoms with van der Waals surface area (Å²) in [5.41, 5.74) is 1.82. The van der Waals surface area contributed by atoms with Crippen LogP contribution in [0.3, 0.4) is 0 Å². The SMILES string of the molecule is CN(Cc1ccnc(-c2ccccc2)n1)[C@@H]1COC[C@@H](O)[C@H]1O. The molecule has 1 aromatic carbocycles. The maximum absolute atomic E-state index is 10.1. The van der Waals surface area contributed by atoms with Gasteiger partial charge in [0.1, 0.15) is 6.10 Å². The van der Waals surface area contributed by atoms with Gasteiger partial charge >= 0.3 is 0 Å². The number of ether oxygens (including phenoxy) is 1. The molecule has 1 fully saturated rings. The van der Waals surface area contributed by atoms with Crippen LogP contribution in [0.1, 0.15) is 5.69 Å². The Labute approximate surface area is 135 Å². The van der Waals surface area contributed by atoms with Gasteiger partial charge in [-0.05, 0) is 13.1 Å². The molecule has 3 atom stereocenters. The van der Waals surface area contributed by atoms with Gasteiger partial charge in [0.2, 0.25) is 0 Å². The Morgan fingerprint density at radius 3 is 2.74 bits per heavy atom. The van der Waals surface area contributed by atoms with Crippen LogP contribution in [0.4, 0.5) is 0 Å². The molecule has 0 amide bonds. The van der Waals surface area contributed by atoms with Crippen LogP contribution >= 0.6 is 0 Å². The number of hydrogen-bond acceptors (Lipinski definition) is 6. The molecule has 6 nitrogen and oxygen atoms in total. The number of benzene rings is 1. The van der Waals surface area contributed by atoms with Gasteiger partial charge in [-0.3, -0.25) is 4.90 Å². The molecular weight excluding hydrogens is 294 g/mol. The largest absolute Gasteiger partial charge is 0.389 e. The van der Waals surface area contributed by atoms with E-state index in [0.29, 0.717) is 19.0 Å². The number of aliphatic hydroxyl groups is 2. The molecule has 2 N–H and O–H groups in total. The molecule has 1 aliphatic rings. The number of likely N-dealkylation sites (N-methyl/N-ethyl adjacent to an activating group) is 1. The summed E-state index contributed by atoms with van der Waals surface area (Å²) >= 11 is 0. The molecule has 0 spiro atoms. The van der Waals surface area contributed by atoms with Crippen molar-refractivity contribution in [3.63, 3.8) is 0 Å². The highest BCUT2D eigenvalue weighted by atomic mass is 16.5. The average molecular weight is 315 g/mol. The fourth-order valence-corrected chi connectivity index (χ4v) is 2.73. The molecule has 0 saturated carbocycles. The van der Waals surface area contributed by atoms with Gasteiger partial charge in [-0.25, -0.2) is 9.97 Å². The highest BCUT2D eigenvalue weighted by Gasteiger charge is 2.33. The Balaban J connectivity index is 1.73. The maximum Gasteiger partial charge on any atom is 0.159 e. The fraction of sp³-hybridized carbons (Fsp3) is 0.412. The van der Waals surface area contributed by atoms with Crippen molar-refractivity contribution in [2.45, 2.75) is 24.8 Å². The minimum absolute atomic E-state index is 0.178. The van der Waals surface area contributed by atoms with Gasteiger partial charge in [0.25, 0.3) is 0 Å². The molecule has 6 heteroatoms. The molecule has 122 valence electrons. The lowest BCUT2D eigenvalue weighted by molar-refractivity contribution is -0.130. The molecule has 1 saturated heterocycles. The minimum Gasteiger partial charge on any atom is -0.389 e. The van der Waals surface area contributed by atoms with E-state index >= 15 is 0 Å². The lowest BCUT2D eigenvalue weighted by atomic mass is 10.0. The van der Waals surface area contributed by atoms with Gasteiger partial charge < -0.3 is 14.9 Å². The third-order valence-corrected chi connectivity index (χ3v) is 4.09. The highest BCUT2D eigenvalue weighted by Crippen LogP contribution is 2.17. The Morgan fingerprint density at radius 2 is 1.96 bits per heavy atom. The summed E-state index contributed by atoms with van der Waals surface area (Å²) in [4.78, 5) is 10.8. The predicted octanol–water partition coefficient (Wildman–Crippen LogP) is 0.696. The van der Waals surface area contributed by atoms with Gasteiger partial charge in [-0.15, -0.1) is 0 Å². The Morgan fingerprint density at radius 1 is 1.17 bits per heavy atom. The summed E-state index contributed by atoms with van der Waals surface area (Å²) in [6, 6.07) is 11.4. The van der Waals surface area contributed by atoms with E-state index in [2.05, 4.69) is 9.97 Å². The number of aliphatic hydroxyl groups excluding tert-OH is 2. The first-order chi connectivity index (χ1) is 11.1. The minimum atomic E-state index is -0.846. The third-order valence-electron chi connectivity index (χ3n) is 4.09. The van der Waals surface area contributed by atoms with Crippen LogP contribution in [0, 0.1) is 0 Å². The predicted molar refractivity (Wildman–Crippen MR) is 85.6 cm³/mol. The first kappa shape index (κ1) is 16.0. The van der Waals surface area contributed by atoms with E-state index in [1.165, 1.54) is 0 Å². The molecule has 1 aromatic heterocycles. The highest BCUT2D eigenvalue weighted by molar-refractivity contribution is 5.54. The van der Waals surface area contributed by atoms with Crippen molar-refractivity contribution < 1.29 is 14.9 Å². The zero-order valence-corrected chi connectivity index (χ0v) is 13.0. The van der Waals surface area contributed by atoms with Gasteiger partial charge in [-0.1, -0.05) is 30.3 Å². The van der Waals surface area contributed by atoms with Crippen LogP contribution in [0.15, 0.2) is 42.6 Å². The van der Waals surface area contributed by atoms with E-state index in [1.807, 2.05) is 48.3 Å². The average Bonchev–Trinajstić information content (AvgIpc) is 2.58. The van der Waals surface area contributed by atoms with Gasteiger partial charge in [0.05, 0.1) is 31.1 Å². The number of aromatic nitrogens is 2. The zero-order chi connectivity index (χ0) is 16.2. The van der Waals surface area contributed by atoms with E-state index in [-0.39, 0.29) is 12.6 Å². The Bertz CT molecular complexity index is 638. The van der Waals surface area contributed by atoms with Crippen molar-refractivity contribution in [2.75, 3.05) is 20.3 Å². The van der Waals surface area contributed by atoms with Crippen molar-refractivity contribution in [3.05, 3.63) is 48.3 Å². The summed E-state index contributed by atoms with van der Waals surface area (Å²) in [5, 5.41) is 19.8. The van der Waals surface area contributed by atoms with E-state index in [4.69, 9.17) is 4.74 Å². The number of rotatable bonds is 4. The summed E-state index contributed by atoms with van der Waals surface area (Å²) < 4.78 is 5.33. The third kappa shape index (κ3) is 3.73. The lowest BCUT2D eigenvalue weighted by Gasteiger charge is -2.37. The molecular formula is C17H21N3O3. The monoisotopic (exact) mass is 315 g/mol. The van der Waals surface area contributed by atoms with Crippen LogP contribution in [0.5, 0.6) is 0 Å². The van der Waals surface area contributed by atoms with Gasteiger partial charge in [0, 0.05) is 18.3 Å². The first-order valence-corrected chi connectivity index (χ1v) is 7.66. The van der Waals surface area contributed by atoms with Crippen LogP contribution in [0.25, 0.3) is 11.4 Å². The molecule has 2 aromatic rings. The quantitative estimate of drug-likeness (QED) is 0.864. The van der Waals surface area contributed by atoms with Crippen LogP contribution in [0.2, 0.25) is 0 Å². The van der Waals surface area contributed by atoms with Crippen molar-refractivity contribution >= 4 is 0 Å². The molecule has 1 aliphatic heterocycles. The Kier molecular flexibility index (Phi) is 4.97. The molecule has 23 heavy (non-hydrogen) atoms. The van der Waals surface area contributed by atoms with E-state index < -0.39 is 12.2 Å². The van der Waals surface area contributed by atoms with E-state index in [0.717, 1.165) is 11.3 Å². The summed E-state index contributed by atoms with van der Waals surface area (Å²) in [6.07, 6.45) is 0.0758. The molecule has 0 aliphatic carbocycles. The molecule has 0 radical (unpaired) electrons. The topological polar surface area (TPSA) is 78.7 Å². The molecule has 0 bridgehead atoms. The normalized spacial score (nSPS) is 24.8. The fourth-order valence-electron chi connectivity index (χ4n) is 2.73. The number of nitrogens with zero attached hydrogens (tertiary/aromatic N) is 3. The number of hydrogen-bond donors (Lipinski definition) is 2. The second kappa shape index (κ2) is 7.14. The van der Waals surface area contributed by atoms with E-state index in [9.17, 15) is 10.2 Å². The van der Waals surface area contributed by atoms with Crippen molar-refractivity contribution in [2.24, 2.45) is 0 Å². The second-order valence-electron chi connectivity index (χ2n) is 5.82. The Hall–Kier alpha value is -1.86. The first-order valence-electron chi connectivity index (χ1n) is 7.66. The van der Waals surface area contributed by atoms with Crippen molar-refractivity contribution in [1.29, 1.82) is 0 Å². The molecule has 3 rings (SSSR count). The summed E-state index contributed by atoms with van der Waals surface area (Å²) in [6.45, 7) is 1.11. The smallest absolute Gasteiger partial charge is 0.159 e. The summed E-state index contributed by atoms with van der Waals surface area (Å²) in [7, 11) is 1.89. The maximum atomic E-state index is 10.1. The van der Waals surface area contributed by atoms with Crippen LogP contribution in [-0.2, 0) is 11.3 Å². The standard InChI is InChI=1S/C17H21N3O3/c1-20(14-10-23-11-15(21)16(14)22)9-13-7-8-18-17(19-13)12-5-3-2-4-6-12/h2-8,14-16,21-22H,9-11H2,1H3/t14-,15-,16+/m1/s1. The van der Waals surface area contributed by atoms with Crippen LogP contribution in [-0.4, -0.2) is 63.6 Å². The van der Waals surface area contributed by atoms with Crippen molar-refractivity contribution in [3.8, 4) is 11.4 Å².